The smallest absolute Gasteiger partial charge is 0.262 e. The molecule has 7 atom stereocenters. The van der Waals surface area contributed by atoms with Gasteiger partial charge in [-0.25, -0.2) is 4.21 Å². The van der Waals surface area contributed by atoms with E-state index in [2.05, 4.69) is 51.3 Å². The first kappa shape index (κ1) is 35.7. The number of carbonyl (C=O) groups excluding carboxylic acids is 1. The molecular weight excluding hydrogens is 670 g/mol. The van der Waals surface area contributed by atoms with E-state index in [0.717, 1.165) is 74.5 Å². The van der Waals surface area contributed by atoms with Crippen molar-refractivity contribution in [1.29, 1.82) is 0 Å². The Bertz CT molecular complexity index is 1770. The van der Waals surface area contributed by atoms with Crippen LogP contribution < -0.4 is 14.4 Å². The van der Waals surface area contributed by atoms with E-state index in [0.29, 0.717) is 51.4 Å². The summed E-state index contributed by atoms with van der Waals surface area (Å²) >= 11 is 6.47. The average molecular weight is 722 g/mol. The van der Waals surface area contributed by atoms with Crippen LogP contribution in [0.25, 0.3) is 0 Å². The fourth-order valence-electron chi connectivity index (χ4n) is 8.97. The highest BCUT2D eigenvalue weighted by molar-refractivity contribution is 7.99. The molecule has 8 nitrogen and oxygen atoms in total. The summed E-state index contributed by atoms with van der Waals surface area (Å²) < 4.78 is 28.9. The molecule has 5 aliphatic rings. The summed E-state index contributed by atoms with van der Waals surface area (Å²) in [5.74, 6) is 11.4. The van der Waals surface area contributed by atoms with Crippen LogP contribution in [-0.2, 0) is 26.3 Å². The van der Waals surface area contributed by atoms with Crippen molar-refractivity contribution in [3.63, 3.8) is 0 Å². The van der Waals surface area contributed by atoms with Crippen LogP contribution in [0, 0.1) is 29.6 Å². The Morgan fingerprint density at radius 3 is 2.70 bits per heavy atom. The average Bonchev–Trinajstić information content (AvgIpc) is 3.22. The van der Waals surface area contributed by atoms with E-state index in [-0.39, 0.29) is 34.3 Å². The van der Waals surface area contributed by atoms with Crippen molar-refractivity contribution in [3.05, 3.63) is 58.1 Å². The lowest BCUT2D eigenvalue weighted by Crippen LogP contribution is -2.52. The lowest BCUT2D eigenvalue weighted by Gasteiger charge is -2.48. The molecule has 270 valence electrons. The quantitative estimate of drug-likeness (QED) is 0.298. The summed E-state index contributed by atoms with van der Waals surface area (Å²) in [6.07, 6.45) is 6.95. The van der Waals surface area contributed by atoms with Crippen LogP contribution >= 0.6 is 11.6 Å². The Morgan fingerprint density at radius 1 is 1.10 bits per heavy atom. The van der Waals surface area contributed by atoms with Gasteiger partial charge in [-0.05, 0) is 117 Å². The molecule has 0 radical (unpaired) electrons. The van der Waals surface area contributed by atoms with E-state index in [9.17, 15) is 14.1 Å². The van der Waals surface area contributed by atoms with Crippen LogP contribution in [0.15, 0.2) is 36.4 Å². The van der Waals surface area contributed by atoms with Gasteiger partial charge in [0, 0.05) is 53.3 Å². The van der Waals surface area contributed by atoms with Gasteiger partial charge < -0.3 is 19.5 Å². The molecule has 1 amide bonds. The number of anilines is 1. The molecule has 2 bridgehead atoms. The highest BCUT2D eigenvalue weighted by Gasteiger charge is 2.48. The van der Waals surface area contributed by atoms with Gasteiger partial charge in [0.15, 0.2) is 0 Å². The maximum absolute atomic E-state index is 13.9. The van der Waals surface area contributed by atoms with Gasteiger partial charge in [0.05, 0.1) is 41.8 Å². The lowest BCUT2D eigenvalue weighted by atomic mass is 9.63. The van der Waals surface area contributed by atoms with Crippen molar-refractivity contribution in [2.75, 3.05) is 57.4 Å². The van der Waals surface area contributed by atoms with Crippen molar-refractivity contribution in [2.24, 2.45) is 17.8 Å². The molecule has 1 unspecified atom stereocenters. The number of halogens is 1. The number of hydrogen-bond acceptors (Lipinski definition) is 7. The first-order chi connectivity index (χ1) is 24.0. The molecule has 1 spiro atoms. The van der Waals surface area contributed by atoms with E-state index in [1.807, 2.05) is 25.1 Å². The number of amides is 1. The number of carbonyl (C=O) groups is 1. The van der Waals surface area contributed by atoms with E-state index >= 15 is 0 Å². The number of aliphatic hydroxyl groups is 1. The van der Waals surface area contributed by atoms with Gasteiger partial charge in [0.1, 0.15) is 11.4 Å². The minimum absolute atomic E-state index is 0.0184. The number of ether oxygens (including phenoxy) is 2. The Morgan fingerprint density at radius 2 is 1.92 bits per heavy atom. The second-order valence-electron chi connectivity index (χ2n) is 15.6. The Kier molecular flexibility index (Phi) is 10.2. The van der Waals surface area contributed by atoms with Crippen LogP contribution in [0.4, 0.5) is 5.69 Å². The molecule has 3 heterocycles. The zero-order valence-corrected chi connectivity index (χ0v) is 31.1. The standard InChI is InChI=1S/C40H52ClN3O5S/c1-28-7-4-16-40(46,17-6-18-43-19-21-48-22-20-43)35-12-9-32(35)25-44-26-39(15-5-8-30-23-33(41)11-13-34(30)39)27-49-37-14-10-31(24-36(37)44)38(45)42-50(3,47)29(28)2/h10-11,13-14,23-24,28-29,32,35,46H,3-5,7-9,12,15-16,18-22,25-27H2,1-2H3,(H,42,45,47)/t28-,29+,32-,35+,39-,40-,50?/m0/s1. The molecule has 2 fully saturated rings. The summed E-state index contributed by atoms with van der Waals surface area (Å²) in [6, 6.07) is 11.8. The van der Waals surface area contributed by atoms with E-state index < -0.39 is 15.3 Å². The fourth-order valence-corrected chi connectivity index (χ4v) is 10.7. The molecule has 3 aliphatic heterocycles. The van der Waals surface area contributed by atoms with Crippen molar-refractivity contribution >= 4 is 38.8 Å². The molecule has 50 heavy (non-hydrogen) atoms. The third-order valence-electron chi connectivity index (χ3n) is 12.4. The summed E-state index contributed by atoms with van der Waals surface area (Å²) in [5, 5.41) is 12.9. The number of hydrogen-bond donors (Lipinski definition) is 2. The Labute approximate surface area is 303 Å². The maximum atomic E-state index is 13.9. The third kappa shape index (κ3) is 7.16. The van der Waals surface area contributed by atoms with E-state index in [1.54, 1.807) is 6.07 Å². The largest absolute Gasteiger partial charge is 0.490 e. The topological polar surface area (TPSA) is 91.3 Å². The van der Waals surface area contributed by atoms with Gasteiger partial charge in [-0.15, -0.1) is 0 Å². The van der Waals surface area contributed by atoms with Gasteiger partial charge in [-0.1, -0.05) is 36.4 Å². The lowest BCUT2D eigenvalue weighted by molar-refractivity contribution is -0.0449. The summed E-state index contributed by atoms with van der Waals surface area (Å²) in [5.41, 5.74) is 2.44. The van der Waals surface area contributed by atoms with Gasteiger partial charge in [0.25, 0.3) is 5.91 Å². The van der Waals surface area contributed by atoms with Gasteiger partial charge in [-0.3, -0.25) is 14.4 Å². The monoisotopic (exact) mass is 721 g/mol. The number of aryl methyl sites for hydroxylation is 1. The molecule has 1 saturated carbocycles. The summed E-state index contributed by atoms with van der Waals surface area (Å²) in [4.78, 5) is 18.4. The molecule has 2 aliphatic carbocycles. The Balaban J connectivity index is 1.27. The van der Waals surface area contributed by atoms with Crippen LogP contribution in [0.2, 0.25) is 5.02 Å². The second-order valence-corrected chi connectivity index (χ2v) is 18.4. The van der Waals surface area contributed by atoms with Crippen molar-refractivity contribution in [2.45, 2.75) is 81.5 Å². The number of morpholine rings is 1. The molecule has 2 aromatic rings. The van der Waals surface area contributed by atoms with Crippen LogP contribution in [-0.4, -0.2) is 89.4 Å². The minimum Gasteiger partial charge on any atom is -0.490 e. The predicted molar refractivity (Wildman–Crippen MR) is 202 cm³/mol. The van der Waals surface area contributed by atoms with Gasteiger partial charge >= 0.3 is 0 Å². The number of nitrogens with zero attached hydrogens (tertiary/aromatic N) is 2. The second kappa shape index (κ2) is 14.4. The maximum Gasteiger partial charge on any atom is 0.262 e. The van der Waals surface area contributed by atoms with Crippen molar-refractivity contribution < 1.29 is 23.6 Å². The molecule has 2 N–H and O–H groups in total. The molecule has 1 saturated heterocycles. The first-order valence-corrected chi connectivity index (χ1v) is 20.6. The summed E-state index contributed by atoms with van der Waals surface area (Å²) in [6.45, 7) is 9.65. The zero-order valence-electron chi connectivity index (χ0n) is 29.6. The number of fused-ring (bicyclic) bond motifs is 4. The summed E-state index contributed by atoms with van der Waals surface area (Å²) in [7, 11) is -2.96. The minimum atomic E-state index is -2.96. The third-order valence-corrected chi connectivity index (χ3v) is 14.8. The number of benzene rings is 2. The fraction of sp³-hybridized carbons (Fsp3) is 0.600. The predicted octanol–water partition coefficient (Wildman–Crippen LogP) is 5.48. The van der Waals surface area contributed by atoms with Gasteiger partial charge in [0.2, 0.25) is 0 Å². The normalized spacial score (nSPS) is 34.9. The Hall–Kier alpha value is -2.74. The number of nitrogens with one attached hydrogen (secondary N) is 1. The van der Waals surface area contributed by atoms with Crippen LogP contribution in [0.1, 0.15) is 80.3 Å². The van der Waals surface area contributed by atoms with Gasteiger partial charge in [-0.2, -0.15) is 0 Å². The molecule has 0 aromatic heterocycles. The van der Waals surface area contributed by atoms with E-state index in [1.165, 1.54) is 11.1 Å². The highest BCUT2D eigenvalue weighted by atomic mass is 35.5. The highest BCUT2D eigenvalue weighted by Crippen LogP contribution is 2.49. The van der Waals surface area contributed by atoms with Crippen molar-refractivity contribution in [1.82, 2.24) is 9.62 Å². The van der Waals surface area contributed by atoms with Crippen LogP contribution in [0.3, 0.4) is 0 Å². The molecule has 2 aromatic carbocycles. The van der Waals surface area contributed by atoms with E-state index in [4.69, 9.17) is 21.1 Å². The van der Waals surface area contributed by atoms with Crippen LogP contribution in [0.5, 0.6) is 5.75 Å². The number of rotatable bonds is 1. The molecular formula is C40H52ClN3O5S. The molecule has 10 heteroatoms. The SMILES string of the molecule is C=S1(=O)NC(=O)c2ccc3c(c2)N(C[C@@H]2CC[C@H]2[C@@](O)(C#CCN2CCOCC2)CCC[C@H](C)[C@H]1C)C[C@@]1(CCCc2cc(Cl)ccc21)CO3. The van der Waals surface area contributed by atoms with Crippen molar-refractivity contribution in [3.8, 4) is 17.6 Å². The zero-order chi connectivity index (χ0) is 35.1. The first-order valence-electron chi connectivity index (χ1n) is 18.5. The molecule has 7 rings (SSSR count).